The van der Waals surface area contributed by atoms with E-state index in [2.05, 4.69) is 38.3 Å². The predicted octanol–water partition coefficient (Wildman–Crippen LogP) is 3.49. The summed E-state index contributed by atoms with van der Waals surface area (Å²) in [6, 6.07) is 8.27. The van der Waals surface area contributed by atoms with Gasteiger partial charge in [0.2, 0.25) is 0 Å². The van der Waals surface area contributed by atoms with Gasteiger partial charge in [0.15, 0.2) is 0 Å². The number of hydrogen-bond acceptors (Lipinski definition) is 5. The van der Waals surface area contributed by atoms with E-state index in [0.29, 0.717) is 12.0 Å². The number of esters is 1. The molecule has 2 heterocycles. The summed E-state index contributed by atoms with van der Waals surface area (Å²) in [6.07, 6.45) is 1.57. The van der Waals surface area contributed by atoms with Gasteiger partial charge in [0.1, 0.15) is 11.6 Å². The van der Waals surface area contributed by atoms with E-state index in [1.807, 2.05) is 13.0 Å². The van der Waals surface area contributed by atoms with Crippen molar-refractivity contribution in [2.75, 3.05) is 6.54 Å². The largest absolute Gasteiger partial charge is 0.457 e. The maximum absolute atomic E-state index is 13.7. The highest BCUT2D eigenvalue weighted by Gasteiger charge is 2.63. The van der Waals surface area contributed by atoms with E-state index >= 15 is 0 Å². The molecule has 0 saturated carbocycles. The molecule has 31 heavy (non-hydrogen) atoms. The highest BCUT2D eigenvalue weighted by atomic mass is 16.5. The summed E-state index contributed by atoms with van der Waals surface area (Å²) in [5, 5.41) is 6.80. The number of rotatable bonds is 6. The third-order valence-electron chi connectivity index (χ3n) is 7.43. The molecule has 2 aliphatic rings. The first-order chi connectivity index (χ1) is 14.5. The number of carbonyl (C=O) groups is 3. The minimum absolute atomic E-state index is 0.0246. The van der Waals surface area contributed by atoms with E-state index in [-0.39, 0.29) is 29.4 Å². The van der Waals surface area contributed by atoms with E-state index in [1.54, 1.807) is 31.2 Å². The molecule has 1 spiro atoms. The normalized spacial score (nSPS) is 34.0. The van der Waals surface area contributed by atoms with Crippen molar-refractivity contribution in [3.05, 3.63) is 35.9 Å². The molecule has 0 aliphatic carbocycles. The maximum atomic E-state index is 13.7. The van der Waals surface area contributed by atoms with Gasteiger partial charge in [-0.15, -0.1) is 0 Å². The molecular formula is C24H35N3O4. The fraction of sp³-hybridized carbons (Fsp3) is 0.625. The number of urea groups is 1. The molecular weight excluding hydrogens is 394 g/mol. The minimum Gasteiger partial charge on any atom is -0.457 e. The van der Waals surface area contributed by atoms with Crippen LogP contribution in [0.1, 0.15) is 71.2 Å². The molecule has 2 N–H and O–H groups in total. The fourth-order valence-electron chi connectivity index (χ4n) is 5.11. The SMILES string of the molecule is CCC1(C)CC2(NC(=O)N(CC(C)OC(=O)c3ccccc3)C2=O)C(C)C(C)(CC)N1. The molecule has 0 aromatic heterocycles. The Labute approximate surface area is 184 Å². The van der Waals surface area contributed by atoms with Gasteiger partial charge in [-0.2, -0.15) is 0 Å². The van der Waals surface area contributed by atoms with Crippen LogP contribution >= 0.6 is 0 Å². The van der Waals surface area contributed by atoms with E-state index < -0.39 is 23.6 Å². The number of carbonyl (C=O) groups excluding carboxylic acids is 3. The molecule has 3 rings (SSSR count). The molecule has 0 radical (unpaired) electrons. The molecule has 1 aromatic carbocycles. The lowest BCUT2D eigenvalue weighted by molar-refractivity contribution is -0.139. The molecule has 3 amide bonds. The lowest BCUT2D eigenvalue weighted by Gasteiger charge is -2.56. The van der Waals surface area contributed by atoms with Gasteiger partial charge < -0.3 is 15.4 Å². The molecule has 7 nitrogen and oxygen atoms in total. The van der Waals surface area contributed by atoms with Crippen LogP contribution in [0.15, 0.2) is 30.3 Å². The Kier molecular flexibility index (Phi) is 6.20. The molecule has 5 atom stereocenters. The van der Waals surface area contributed by atoms with Gasteiger partial charge in [-0.3, -0.25) is 9.69 Å². The van der Waals surface area contributed by atoms with E-state index in [0.717, 1.165) is 12.8 Å². The van der Waals surface area contributed by atoms with Crippen LogP contribution in [0.25, 0.3) is 0 Å². The van der Waals surface area contributed by atoms with Crippen molar-refractivity contribution >= 4 is 17.9 Å². The average molecular weight is 430 g/mol. The number of nitrogens with zero attached hydrogens (tertiary/aromatic N) is 1. The summed E-state index contributed by atoms with van der Waals surface area (Å²) >= 11 is 0. The number of ether oxygens (including phenoxy) is 1. The number of benzene rings is 1. The van der Waals surface area contributed by atoms with Crippen LogP contribution in [-0.4, -0.2) is 52.1 Å². The zero-order valence-corrected chi connectivity index (χ0v) is 19.5. The Morgan fingerprint density at radius 2 is 1.84 bits per heavy atom. The van der Waals surface area contributed by atoms with Crippen LogP contribution in [0.2, 0.25) is 0 Å². The van der Waals surface area contributed by atoms with Gasteiger partial charge in [0.25, 0.3) is 5.91 Å². The van der Waals surface area contributed by atoms with Crippen LogP contribution < -0.4 is 10.6 Å². The van der Waals surface area contributed by atoms with Gasteiger partial charge in [-0.1, -0.05) is 39.0 Å². The summed E-state index contributed by atoms with van der Waals surface area (Å²) in [5.74, 6) is -0.802. The second kappa shape index (κ2) is 8.26. The first-order valence-corrected chi connectivity index (χ1v) is 11.2. The summed E-state index contributed by atoms with van der Waals surface area (Å²) in [4.78, 5) is 40.2. The summed E-state index contributed by atoms with van der Waals surface area (Å²) in [6.45, 7) is 12.2. The number of nitrogens with one attached hydrogen (secondary N) is 2. The molecule has 2 aliphatic heterocycles. The zero-order chi connectivity index (χ0) is 23.0. The lowest BCUT2D eigenvalue weighted by Crippen LogP contribution is -2.74. The second-order valence-electron chi connectivity index (χ2n) is 9.61. The predicted molar refractivity (Wildman–Crippen MR) is 119 cm³/mol. The molecule has 2 fully saturated rings. The number of piperidine rings is 1. The van der Waals surface area contributed by atoms with Gasteiger partial charge >= 0.3 is 12.0 Å². The Morgan fingerprint density at radius 1 is 1.19 bits per heavy atom. The summed E-state index contributed by atoms with van der Waals surface area (Å²) in [5.41, 5.74) is -1.11. The van der Waals surface area contributed by atoms with Gasteiger partial charge in [0, 0.05) is 17.0 Å². The number of hydrogen-bond donors (Lipinski definition) is 2. The Bertz CT molecular complexity index is 860. The Morgan fingerprint density at radius 3 is 2.42 bits per heavy atom. The standard InChI is InChI=1S/C24H35N3O4/c1-7-22(5)15-24(17(4)23(6,8-2)26-22)20(29)27(21(30)25-24)14-16(3)31-19(28)18-12-10-9-11-13-18/h9-13,16-17,26H,7-8,14-15H2,1-6H3,(H,25,30). The maximum Gasteiger partial charge on any atom is 0.338 e. The quantitative estimate of drug-likeness (QED) is 0.534. The fourth-order valence-corrected chi connectivity index (χ4v) is 5.11. The smallest absolute Gasteiger partial charge is 0.338 e. The van der Waals surface area contributed by atoms with Crippen LogP contribution in [-0.2, 0) is 9.53 Å². The van der Waals surface area contributed by atoms with Crippen molar-refractivity contribution < 1.29 is 19.1 Å². The minimum atomic E-state index is -0.971. The highest BCUT2D eigenvalue weighted by molar-refractivity contribution is 6.07. The van der Waals surface area contributed by atoms with Crippen LogP contribution in [0.3, 0.4) is 0 Å². The molecule has 170 valence electrons. The van der Waals surface area contributed by atoms with Crippen LogP contribution in [0.4, 0.5) is 4.79 Å². The lowest BCUT2D eigenvalue weighted by atomic mass is 9.61. The van der Waals surface area contributed by atoms with Crippen molar-refractivity contribution in [2.24, 2.45) is 5.92 Å². The average Bonchev–Trinajstić information content (AvgIpc) is 2.97. The summed E-state index contributed by atoms with van der Waals surface area (Å²) in [7, 11) is 0. The number of imide groups is 1. The first-order valence-electron chi connectivity index (χ1n) is 11.2. The van der Waals surface area contributed by atoms with Crippen LogP contribution in [0.5, 0.6) is 0 Å². The molecule has 7 heteroatoms. The molecule has 0 bridgehead atoms. The van der Waals surface area contributed by atoms with Gasteiger partial charge in [-0.25, -0.2) is 9.59 Å². The highest BCUT2D eigenvalue weighted by Crippen LogP contribution is 2.46. The Balaban J connectivity index is 1.80. The third-order valence-corrected chi connectivity index (χ3v) is 7.43. The van der Waals surface area contributed by atoms with Crippen LogP contribution in [0, 0.1) is 5.92 Å². The van der Waals surface area contributed by atoms with Crippen molar-refractivity contribution in [1.29, 1.82) is 0 Å². The monoisotopic (exact) mass is 429 g/mol. The van der Waals surface area contributed by atoms with Crippen molar-refractivity contribution in [3.63, 3.8) is 0 Å². The number of amides is 3. The zero-order valence-electron chi connectivity index (χ0n) is 19.5. The first kappa shape index (κ1) is 23.3. The molecule has 5 unspecified atom stereocenters. The third kappa shape index (κ3) is 4.07. The van der Waals surface area contributed by atoms with E-state index in [1.165, 1.54) is 4.90 Å². The summed E-state index contributed by atoms with van der Waals surface area (Å²) < 4.78 is 5.50. The second-order valence-corrected chi connectivity index (χ2v) is 9.61. The molecule has 1 aromatic rings. The Hall–Kier alpha value is -2.41. The topological polar surface area (TPSA) is 87.7 Å². The van der Waals surface area contributed by atoms with Gasteiger partial charge in [0.05, 0.1) is 12.1 Å². The van der Waals surface area contributed by atoms with Crippen molar-refractivity contribution in [2.45, 2.75) is 83.5 Å². The van der Waals surface area contributed by atoms with Crippen molar-refractivity contribution in [1.82, 2.24) is 15.5 Å². The van der Waals surface area contributed by atoms with Gasteiger partial charge in [-0.05, 0) is 52.2 Å². The van der Waals surface area contributed by atoms with E-state index in [9.17, 15) is 14.4 Å². The van der Waals surface area contributed by atoms with E-state index in [4.69, 9.17) is 4.74 Å². The van der Waals surface area contributed by atoms with Crippen molar-refractivity contribution in [3.8, 4) is 0 Å². The molecule has 2 saturated heterocycles.